The van der Waals surface area contributed by atoms with Gasteiger partial charge >= 0.3 is 0 Å². The second-order valence-corrected chi connectivity index (χ2v) is 2.99. The maximum atomic E-state index is 5.07. The van der Waals surface area contributed by atoms with Crippen molar-refractivity contribution in [2.45, 2.75) is 0 Å². The molecule has 0 aliphatic rings. The second-order valence-electron chi connectivity index (χ2n) is 2.99. The number of ether oxygens (including phenoxy) is 1. The lowest BCUT2D eigenvalue weighted by atomic mass is 10.2. The van der Waals surface area contributed by atoms with Crippen LogP contribution in [-0.2, 0) is 7.05 Å². The summed E-state index contributed by atoms with van der Waals surface area (Å²) in [5.74, 6) is 1.70. The molecule has 0 saturated carbocycles. The van der Waals surface area contributed by atoms with Gasteiger partial charge in [-0.05, 0) is 24.3 Å². The highest BCUT2D eigenvalue weighted by Crippen LogP contribution is 2.19. The lowest BCUT2D eigenvalue weighted by molar-refractivity contribution is 0.415. The number of methoxy groups -OCH3 is 1. The van der Waals surface area contributed by atoms with E-state index in [0.29, 0.717) is 0 Å². The number of benzene rings is 1. The van der Waals surface area contributed by atoms with Gasteiger partial charge in [-0.2, -0.15) is 0 Å². The summed E-state index contributed by atoms with van der Waals surface area (Å²) >= 11 is 0. The number of hydrogen-bond donors (Lipinski definition) is 0. The van der Waals surface area contributed by atoms with Gasteiger partial charge in [0, 0.05) is 12.6 Å². The molecule has 0 spiro atoms. The first kappa shape index (κ1) is 8.74. The van der Waals surface area contributed by atoms with Gasteiger partial charge in [-0.15, -0.1) is 10.2 Å². The molecule has 0 aliphatic carbocycles. The zero-order valence-electron chi connectivity index (χ0n) is 8.14. The Hall–Kier alpha value is -1.84. The van der Waals surface area contributed by atoms with Crippen molar-refractivity contribution in [3.05, 3.63) is 30.6 Å². The van der Waals surface area contributed by atoms with Crippen molar-refractivity contribution in [2.75, 3.05) is 7.11 Å². The van der Waals surface area contributed by atoms with Crippen molar-refractivity contribution < 1.29 is 4.74 Å². The van der Waals surface area contributed by atoms with Gasteiger partial charge in [0.2, 0.25) is 0 Å². The Balaban J connectivity index is 2.39. The van der Waals surface area contributed by atoms with Crippen molar-refractivity contribution in [2.24, 2.45) is 7.05 Å². The molecule has 2 aromatic rings. The van der Waals surface area contributed by atoms with E-state index in [1.165, 1.54) is 0 Å². The maximum Gasteiger partial charge on any atom is 0.163 e. The Morgan fingerprint density at radius 2 is 1.93 bits per heavy atom. The summed E-state index contributed by atoms with van der Waals surface area (Å²) in [4.78, 5) is 0. The van der Waals surface area contributed by atoms with E-state index in [9.17, 15) is 0 Å². The highest BCUT2D eigenvalue weighted by Gasteiger charge is 2.03. The third kappa shape index (κ3) is 1.46. The Morgan fingerprint density at radius 3 is 2.43 bits per heavy atom. The van der Waals surface area contributed by atoms with Crippen molar-refractivity contribution in [1.29, 1.82) is 0 Å². The smallest absolute Gasteiger partial charge is 0.163 e. The molecule has 2 rings (SSSR count). The molecule has 0 N–H and O–H groups in total. The van der Waals surface area contributed by atoms with Gasteiger partial charge in [0.25, 0.3) is 0 Å². The fraction of sp³-hybridized carbons (Fsp3) is 0.200. The highest BCUT2D eigenvalue weighted by molar-refractivity contribution is 5.56. The Bertz CT molecular complexity index is 419. The molecular weight excluding hydrogens is 178 g/mol. The molecule has 1 heterocycles. The molecule has 0 atom stereocenters. The number of hydrogen-bond acceptors (Lipinski definition) is 3. The van der Waals surface area contributed by atoms with Crippen LogP contribution in [0.15, 0.2) is 30.6 Å². The molecule has 1 aromatic carbocycles. The average molecular weight is 189 g/mol. The fourth-order valence-electron chi connectivity index (χ4n) is 1.28. The first-order chi connectivity index (χ1) is 6.81. The third-order valence-electron chi connectivity index (χ3n) is 2.06. The van der Waals surface area contributed by atoms with E-state index in [0.717, 1.165) is 17.1 Å². The molecule has 4 nitrogen and oxygen atoms in total. The lowest BCUT2D eigenvalue weighted by Gasteiger charge is -2.02. The monoisotopic (exact) mass is 189 g/mol. The van der Waals surface area contributed by atoms with Crippen LogP contribution in [0, 0.1) is 0 Å². The standard InChI is InChI=1S/C10H11N3O/c1-13-7-11-12-10(13)8-3-5-9(14-2)6-4-8/h3-7H,1-2H3. The molecule has 0 saturated heterocycles. The van der Waals surface area contributed by atoms with Gasteiger partial charge in [0.15, 0.2) is 5.82 Å². The van der Waals surface area contributed by atoms with E-state index in [1.807, 2.05) is 35.9 Å². The molecule has 0 aliphatic heterocycles. The summed E-state index contributed by atoms with van der Waals surface area (Å²) in [6.07, 6.45) is 1.68. The minimum absolute atomic E-state index is 0.843. The zero-order valence-corrected chi connectivity index (χ0v) is 8.14. The lowest BCUT2D eigenvalue weighted by Crippen LogP contribution is -1.91. The van der Waals surface area contributed by atoms with Crippen molar-refractivity contribution in [1.82, 2.24) is 14.8 Å². The van der Waals surface area contributed by atoms with Crippen molar-refractivity contribution in [3.63, 3.8) is 0 Å². The van der Waals surface area contributed by atoms with Crippen LogP contribution in [0.2, 0.25) is 0 Å². The summed E-state index contributed by atoms with van der Waals surface area (Å²) in [7, 11) is 3.57. The van der Waals surface area contributed by atoms with E-state index < -0.39 is 0 Å². The number of nitrogens with zero attached hydrogens (tertiary/aromatic N) is 3. The average Bonchev–Trinajstić information content (AvgIpc) is 2.65. The first-order valence-electron chi connectivity index (χ1n) is 4.29. The van der Waals surface area contributed by atoms with Crippen LogP contribution in [0.3, 0.4) is 0 Å². The number of rotatable bonds is 2. The molecule has 0 unspecified atom stereocenters. The van der Waals surface area contributed by atoms with E-state index in [2.05, 4.69) is 10.2 Å². The highest BCUT2D eigenvalue weighted by atomic mass is 16.5. The van der Waals surface area contributed by atoms with Gasteiger partial charge < -0.3 is 9.30 Å². The summed E-state index contributed by atoms with van der Waals surface area (Å²) in [5, 5.41) is 7.84. The van der Waals surface area contributed by atoms with Crippen molar-refractivity contribution in [3.8, 4) is 17.1 Å². The normalized spacial score (nSPS) is 10.1. The quantitative estimate of drug-likeness (QED) is 0.718. The van der Waals surface area contributed by atoms with Gasteiger partial charge in [-0.1, -0.05) is 0 Å². The molecule has 0 fully saturated rings. The predicted molar refractivity (Wildman–Crippen MR) is 53.0 cm³/mol. The topological polar surface area (TPSA) is 39.9 Å². The van der Waals surface area contributed by atoms with Gasteiger partial charge in [-0.3, -0.25) is 0 Å². The van der Waals surface area contributed by atoms with Gasteiger partial charge in [0.05, 0.1) is 7.11 Å². The molecule has 0 amide bonds. The zero-order chi connectivity index (χ0) is 9.97. The fourth-order valence-corrected chi connectivity index (χ4v) is 1.28. The van der Waals surface area contributed by atoms with Crippen LogP contribution in [-0.4, -0.2) is 21.9 Å². The van der Waals surface area contributed by atoms with Crippen LogP contribution in [0.4, 0.5) is 0 Å². The summed E-state index contributed by atoms with van der Waals surface area (Å²) in [5.41, 5.74) is 1.03. The molecule has 1 aromatic heterocycles. The maximum absolute atomic E-state index is 5.07. The van der Waals surface area contributed by atoms with Crippen LogP contribution in [0.5, 0.6) is 5.75 Å². The summed E-state index contributed by atoms with van der Waals surface area (Å²) in [6, 6.07) is 7.74. The van der Waals surface area contributed by atoms with E-state index in [-0.39, 0.29) is 0 Å². The van der Waals surface area contributed by atoms with Gasteiger partial charge in [0.1, 0.15) is 12.1 Å². The molecule has 14 heavy (non-hydrogen) atoms. The Kier molecular flexibility index (Phi) is 2.18. The molecular formula is C10H11N3O. The second kappa shape index (κ2) is 3.49. The summed E-state index contributed by atoms with van der Waals surface area (Å²) < 4.78 is 6.95. The molecule has 4 heteroatoms. The molecule has 0 bridgehead atoms. The molecule has 72 valence electrons. The largest absolute Gasteiger partial charge is 0.497 e. The number of aromatic nitrogens is 3. The summed E-state index contributed by atoms with van der Waals surface area (Å²) in [6.45, 7) is 0. The van der Waals surface area contributed by atoms with Crippen LogP contribution in [0.25, 0.3) is 11.4 Å². The van der Waals surface area contributed by atoms with E-state index >= 15 is 0 Å². The first-order valence-corrected chi connectivity index (χ1v) is 4.29. The predicted octanol–water partition coefficient (Wildman–Crippen LogP) is 1.49. The third-order valence-corrected chi connectivity index (χ3v) is 2.06. The minimum atomic E-state index is 0.843. The van der Waals surface area contributed by atoms with E-state index in [4.69, 9.17) is 4.74 Å². The van der Waals surface area contributed by atoms with Gasteiger partial charge in [-0.25, -0.2) is 0 Å². The van der Waals surface area contributed by atoms with Crippen molar-refractivity contribution >= 4 is 0 Å². The van der Waals surface area contributed by atoms with Crippen LogP contribution < -0.4 is 4.74 Å². The SMILES string of the molecule is COc1ccc(-c2nncn2C)cc1. The van der Waals surface area contributed by atoms with E-state index in [1.54, 1.807) is 13.4 Å². The minimum Gasteiger partial charge on any atom is -0.497 e. The Labute approximate surface area is 82.2 Å². The van der Waals surface area contributed by atoms with Crippen LogP contribution in [0.1, 0.15) is 0 Å². The molecule has 0 radical (unpaired) electrons. The van der Waals surface area contributed by atoms with Crippen LogP contribution >= 0.6 is 0 Å². The Morgan fingerprint density at radius 1 is 1.21 bits per heavy atom. The number of aryl methyl sites for hydroxylation is 1.